The average Bonchev–Trinajstić information content (AvgIpc) is 2.58. The maximum absolute atomic E-state index is 8.80. The average molecular weight is 195 g/mol. The van der Waals surface area contributed by atoms with Gasteiger partial charge in [-0.1, -0.05) is 0 Å². The van der Waals surface area contributed by atoms with Gasteiger partial charge in [-0.3, -0.25) is 0 Å². The highest BCUT2D eigenvalue weighted by Crippen LogP contribution is 2.22. The third-order valence-electron chi connectivity index (χ3n) is 1.78. The first-order valence-corrected chi connectivity index (χ1v) is 5.10. The third-order valence-corrected chi connectivity index (χ3v) is 2.50. The molecule has 0 saturated carbocycles. The van der Waals surface area contributed by atoms with E-state index in [2.05, 4.69) is 4.98 Å². The highest BCUT2D eigenvalue weighted by Gasteiger charge is 2.04. The summed E-state index contributed by atoms with van der Waals surface area (Å²) < 4.78 is 5.29. The first-order valence-electron chi connectivity index (χ1n) is 3.88. The Bertz CT molecular complexity index is 422. The molecule has 0 aliphatic heterocycles. The summed E-state index contributed by atoms with van der Waals surface area (Å²) in [6, 6.07) is 5.80. The predicted octanol–water partition coefficient (Wildman–Crippen LogP) is 2.04. The van der Waals surface area contributed by atoms with E-state index in [-0.39, 0.29) is 6.61 Å². The summed E-state index contributed by atoms with van der Waals surface area (Å²) >= 11 is 1.65. The maximum atomic E-state index is 8.80. The number of oxazole rings is 1. The number of hydrogen-bond acceptors (Lipinski definition) is 4. The Morgan fingerprint density at radius 2 is 2.38 bits per heavy atom. The van der Waals surface area contributed by atoms with Gasteiger partial charge in [0.2, 0.25) is 5.89 Å². The second-order valence-electron chi connectivity index (χ2n) is 2.60. The molecule has 0 amide bonds. The molecule has 68 valence electrons. The molecule has 0 bridgehead atoms. The van der Waals surface area contributed by atoms with E-state index in [1.807, 2.05) is 24.5 Å². The summed E-state index contributed by atoms with van der Waals surface area (Å²) in [5.41, 5.74) is 1.53. The lowest BCUT2D eigenvalue weighted by Crippen LogP contribution is -1.78. The number of aromatic nitrogens is 1. The van der Waals surface area contributed by atoms with Gasteiger partial charge in [-0.15, -0.1) is 11.8 Å². The first-order chi connectivity index (χ1) is 6.33. The molecule has 1 N–H and O–H groups in total. The van der Waals surface area contributed by atoms with Crippen molar-refractivity contribution in [3.8, 4) is 0 Å². The minimum Gasteiger partial charge on any atom is -0.438 e. The first kappa shape index (κ1) is 8.59. The minimum absolute atomic E-state index is 0.150. The summed E-state index contributed by atoms with van der Waals surface area (Å²) in [4.78, 5) is 5.21. The van der Waals surface area contributed by atoms with Gasteiger partial charge in [-0.25, -0.2) is 4.98 Å². The van der Waals surface area contributed by atoms with Crippen LogP contribution >= 0.6 is 11.8 Å². The zero-order valence-corrected chi connectivity index (χ0v) is 7.97. The van der Waals surface area contributed by atoms with E-state index in [1.165, 1.54) is 0 Å². The van der Waals surface area contributed by atoms with Gasteiger partial charge in [0.15, 0.2) is 5.58 Å². The molecule has 2 rings (SSSR count). The Labute approximate surface area is 79.8 Å². The van der Waals surface area contributed by atoms with Crippen molar-refractivity contribution in [2.45, 2.75) is 11.5 Å². The van der Waals surface area contributed by atoms with Crippen molar-refractivity contribution in [2.75, 3.05) is 6.26 Å². The van der Waals surface area contributed by atoms with Gasteiger partial charge < -0.3 is 9.52 Å². The standard InChI is InChI=1S/C9H9NO2S/c1-13-6-2-3-7-8(4-6)12-9(5-11)10-7/h2-4,11H,5H2,1H3. The molecule has 1 heterocycles. The van der Waals surface area contributed by atoms with E-state index in [4.69, 9.17) is 9.52 Å². The number of rotatable bonds is 2. The molecule has 2 aromatic rings. The van der Waals surface area contributed by atoms with Crippen LogP contribution in [0.25, 0.3) is 11.1 Å². The lowest BCUT2D eigenvalue weighted by atomic mass is 10.3. The zero-order chi connectivity index (χ0) is 9.26. The monoisotopic (exact) mass is 195 g/mol. The number of hydrogen-bond donors (Lipinski definition) is 1. The normalized spacial score (nSPS) is 10.9. The molecule has 0 radical (unpaired) electrons. The molecule has 0 spiro atoms. The minimum atomic E-state index is -0.150. The summed E-state index contributed by atoms with van der Waals surface area (Å²) in [6.07, 6.45) is 2.00. The SMILES string of the molecule is CSc1ccc2nc(CO)oc2c1. The van der Waals surface area contributed by atoms with Crippen LogP contribution in [-0.2, 0) is 6.61 Å². The third kappa shape index (κ3) is 1.55. The summed E-state index contributed by atoms with van der Waals surface area (Å²) in [5, 5.41) is 8.80. The van der Waals surface area contributed by atoms with Gasteiger partial charge in [0.1, 0.15) is 12.1 Å². The molecule has 0 aliphatic carbocycles. The van der Waals surface area contributed by atoms with Crippen molar-refractivity contribution in [2.24, 2.45) is 0 Å². The Morgan fingerprint density at radius 1 is 1.54 bits per heavy atom. The predicted molar refractivity (Wildman–Crippen MR) is 51.7 cm³/mol. The van der Waals surface area contributed by atoms with Crippen molar-refractivity contribution < 1.29 is 9.52 Å². The molecule has 4 heteroatoms. The van der Waals surface area contributed by atoms with Crippen molar-refractivity contribution in [3.05, 3.63) is 24.1 Å². The van der Waals surface area contributed by atoms with E-state index < -0.39 is 0 Å². The second-order valence-corrected chi connectivity index (χ2v) is 3.48. The summed E-state index contributed by atoms with van der Waals surface area (Å²) in [6.45, 7) is -0.150. The molecular formula is C9H9NO2S. The Balaban J connectivity index is 2.57. The van der Waals surface area contributed by atoms with Crippen LogP contribution in [0.15, 0.2) is 27.5 Å². The molecule has 1 aromatic carbocycles. The van der Waals surface area contributed by atoms with Crippen molar-refractivity contribution >= 4 is 22.9 Å². The van der Waals surface area contributed by atoms with E-state index in [0.717, 1.165) is 16.0 Å². The molecule has 0 atom stereocenters. The fourth-order valence-corrected chi connectivity index (χ4v) is 1.58. The quantitative estimate of drug-likeness (QED) is 0.745. The van der Waals surface area contributed by atoms with Gasteiger partial charge in [0, 0.05) is 4.90 Å². The smallest absolute Gasteiger partial charge is 0.221 e. The van der Waals surface area contributed by atoms with E-state index in [9.17, 15) is 0 Å². The fraction of sp³-hybridized carbons (Fsp3) is 0.222. The Hall–Kier alpha value is -1.00. The van der Waals surface area contributed by atoms with Crippen LogP contribution in [0.5, 0.6) is 0 Å². The van der Waals surface area contributed by atoms with Crippen molar-refractivity contribution in [3.63, 3.8) is 0 Å². The van der Waals surface area contributed by atoms with Crippen LogP contribution in [0, 0.1) is 0 Å². The van der Waals surface area contributed by atoms with Crippen molar-refractivity contribution in [1.29, 1.82) is 0 Å². The topological polar surface area (TPSA) is 46.3 Å². The van der Waals surface area contributed by atoms with E-state index in [0.29, 0.717) is 5.89 Å². The molecule has 0 fully saturated rings. The van der Waals surface area contributed by atoms with Crippen LogP contribution in [-0.4, -0.2) is 16.3 Å². The number of benzene rings is 1. The van der Waals surface area contributed by atoms with E-state index in [1.54, 1.807) is 11.8 Å². The molecule has 0 saturated heterocycles. The number of aliphatic hydroxyl groups excluding tert-OH is 1. The van der Waals surface area contributed by atoms with Crippen LogP contribution in [0.4, 0.5) is 0 Å². The van der Waals surface area contributed by atoms with Crippen LogP contribution in [0.1, 0.15) is 5.89 Å². The van der Waals surface area contributed by atoms with Crippen LogP contribution in [0.2, 0.25) is 0 Å². The molecular weight excluding hydrogens is 186 g/mol. The molecule has 3 nitrogen and oxygen atoms in total. The van der Waals surface area contributed by atoms with Gasteiger partial charge >= 0.3 is 0 Å². The second kappa shape index (κ2) is 3.40. The molecule has 1 aromatic heterocycles. The molecule has 13 heavy (non-hydrogen) atoms. The lowest BCUT2D eigenvalue weighted by molar-refractivity contribution is 0.244. The highest BCUT2D eigenvalue weighted by molar-refractivity contribution is 7.98. The van der Waals surface area contributed by atoms with Gasteiger partial charge in [-0.2, -0.15) is 0 Å². The summed E-state index contributed by atoms with van der Waals surface area (Å²) in [5.74, 6) is 0.369. The lowest BCUT2D eigenvalue weighted by Gasteiger charge is -1.92. The van der Waals surface area contributed by atoms with E-state index >= 15 is 0 Å². The van der Waals surface area contributed by atoms with Crippen LogP contribution < -0.4 is 0 Å². The number of fused-ring (bicyclic) bond motifs is 1. The Kier molecular flexibility index (Phi) is 2.24. The largest absolute Gasteiger partial charge is 0.438 e. The number of aliphatic hydroxyl groups is 1. The molecule has 0 unspecified atom stereocenters. The van der Waals surface area contributed by atoms with Crippen LogP contribution in [0.3, 0.4) is 0 Å². The number of nitrogens with zero attached hydrogens (tertiary/aromatic N) is 1. The summed E-state index contributed by atoms with van der Waals surface area (Å²) in [7, 11) is 0. The zero-order valence-electron chi connectivity index (χ0n) is 7.15. The van der Waals surface area contributed by atoms with Gasteiger partial charge in [-0.05, 0) is 24.5 Å². The van der Waals surface area contributed by atoms with Crippen molar-refractivity contribution in [1.82, 2.24) is 4.98 Å². The van der Waals surface area contributed by atoms with Gasteiger partial charge in [0.25, 0.3) is 0 Å². The molecule has 0 aliphatic rings. The maximum Gasteiger partial charge on any atom is 0.221 e. The number of thioether (sulfide) groups is 1. The highest BCUT2D eigenvalue weighted by atomic mass is 32.2. The Morgan fingerprint density at radius 3 is 3.08 bits per heavy atom. The van der Waals surface area contributed by atoms with Gasteiger partial charge in [0.05, 0.1) is 0 Å². The fourth-order valence-electron chi connectivity index (χ4n) is 1.15.